The number of aliphatic hydroxyl groups is 2. The molecule has 0 saturated carbocycles. The first kappa shape index (κ1) is 21.1. The molecule has 0 aromatic heterocycles. The van der Waals surface area contributed by atoms with E-state index in [-0.39, 0.29) is 25.7 Å². The Labute approximate surface area is 170 Å². The van der Waals surface area contributed by atoms with Crippen molar-refractivity contribution in [2.75, 3.05) is 38.2 Å². The third kappa shape index (κ3) is 6.19. The number of fused-ring (bicyclic) bond motifs is 1. The summed E-state index contributed by atoms with van der Waals surface area (Å²) in [5.41, 5.74) is 2.69. The molecule has 3 rings (SSSR count). The number of anilines is 1. The molecular weight excluding hydrogens is 372 g/mol. The molecule has 156 valence electrons. The van der Waals surface area contributed by atoms with E-state index in [0.29, 0.717) is 36.6 Å². The molecule has 0 spiro atoms. The minimum Gasteiger partial charge on any atom is -0.490 e. The van der Waals surface area contributed by atoms with E-state index in [1.807, 2.05) is 18.2 Å². The van der Waals surface area contributed by atoms with Crippen molar-refractivity contribution in [3.63, 3.8) is 0 Å². The number of ether oxygens (including phenoxy) is 2. The highest BCUT2D eigenvalue weighted by atomic mass is 16.5. The molecule has 0 radical (unpaired) electrons. The van der Waals surface area contributed by atoms with Crippen LogP contribution in [0.1, 0.15) is 17.5 Å². The summed E-state index contributed by atoms with van der Waals surface area (Å²) >= 11 is 0. The lowest BCUT2D eigenvalue weighted by molar-refractivity contribution is -0.116. The van der Waals surface area contributed by atoms with Crippen molar-refractivity contribution in [3.05, 3.63) is 53.6 Å². The molecule has 4 N–H and O–H groups in total. The van der Waals surface area contributed by atoms with Crippen molar-refractivity contribution in [3.8, 4) is 11.5 Å². The van der Waals surface area contributed by atoms with Crippen LogP contribution in [-0.2, 0) is 17.6 Å². The molecule has 0 fully saturated rings. The highest BCUT2D eigenvalue weighted by molar-refractivity contribution is 5.96. The average molecular weight is 400 g/mol. The number of nitrogens with one attached hydrogen (secondary N) is 2. The Morgan fingerprint density at radius 3 is 2.66 bits per heavy atom. The molecular formula is C22H28N2O5. The van der Waals surface area contributed by atoms with E-state index in [0.717, 1.165) is 18.5 Å². The minimum atomic E-state index is -0.648. The van der Waals surface area contributed by atoms with Gasteiger partial charge in [0.05, 0.1) is 12.3 Å². The number of rotatable bonds is 11. The van der Waals surface area contributed by atoms with Crippen LogP contribution in [0, 0.1) is 0 Å². The second-order valence-corrected chi connectivity index (χ2v) is 6.94. The van der Waals surface area contributed by atoms with Crippen molar-refractivity contribution in [2.45, 2.75) is 25.4 Å². The summed E-state index contributed by atoms with van der Waals surface area (Å²) in [6.45, 7) is 1.40. The third-order valence-electron chi connectivity index (χ3n) is 4.69. The zero-order chi connectivity index (χ0) is 20.5. The Kier molecular flexibility index (Phi) is 7.86. The lowest BCUT2D eigenvalue weighted by Gasteiger charge is -2.23. The first-order valence-electron chi connectivity index (χ1n) is 9.92. The highest BCUT2D eigenvalue weighted by Gasteiger charge is 2.23. The fourth-order valence-electron chi connectivity index (χ4n) is 3.23. The molecule has 1 heterocycles. The molecule has 0 aliphatic carbocycles. The number of hydrogen-bond donors (Lipinski definition) is 4. The molecule has 1 aliphatic rings. The summed E-state index contributed by atoms with van der Waals surface area (Å²) in [5, 5.41) is 25.2. The Morgan fingerprint density at radius 2 is 1.86 bits per heavy atom. The molecule has 7 heteroatoms. The summed E-state index contributed by atoms with van der Waals surface area (Å²) in [4.78, 5) is 11.8. The van der Waals surface area contributed by atoms with E-state index in [9.17, 15) is 9.90 Å². The smallest absolute Gasteiger partial charge is 0.224 e. The van der Waals surface area contributed by atoms with Crippen LogP contribution in [0.5, 0.6) is 11.5 Å². The van der Waals surface area contributed by atoms with Crippen molar-refractivity contribution in [2.24, 2.45) is 0 Å². The van der Waals surface area contributed by atoms with Crippen LogP contribution < -0.4 is 20.1 Å². The maximum absolute atomic E-state index is 11.8. The molecule has 29 heavy (non-hydrogen) atoms. The fraction of sp³-hybridized carbons (Fsp3) is 0.409. The highest BCUT2D eigenvalue weighted by Crippen LogP contribution is 2.38. The van der Waals surface area contributed by atoms with E-state index in [2.05, 4.69) is 22.8 Å². The molecule has 1 atom stereocenters. The van der Waals surface area contributed by atoms with Crippen LogP contribution in [0.25, 0.3) is 0 Å². The first-order chi connectivity index (χ1) is 14.2. The number of amides is 1. The van der Waals surface area contributed by atoms with Gasteiger partial charge in [0.2, 0.25) is 5.91 Å². The summed E-state index contributed by atoms with van der Waals surface area (Å²) in [7, 11) is 0. The third-order valence-corrected chi connectivity index (χ3v) is 4.69. The summed E-state index contributed by atoms with van der Waals surface area (Å²) in [6, 6.07) is 13.7. The van der Waals surface area contributed by atoms with Gasteiger partial charge in [-0.1, -0.05) is 30.3 Å². The topological polar surface area (TPSA) is 100 Å². The van der Waals surface area contributed by atoms with Gasteiger partial charge in [0.25, 0.3) is 0 Å². The predicted molar refractivity (Wildman–Crippen MR) is 110 cm³/mol. The van der Waals surface area contributed by atoms with Crippen LogP contribution in [0.4, 0.5) is 5.69 Å². The summed E-state index contributed by atoms with van der Waals surface area (Å²) in [5.74, 6) is 1.06. The lowest BCUT2D eigenvalue weighted by atomic mass is 10.0. The number of carbonyl (C=O) groups excluding carboxylic acids is 1. The van der Waals surface area contributed by atoms with E-state index < -0.39 is 6.10 Å². The van der Waals surface area contributed by atoms with Crippen molar-refractivity contribution in [1.29, 1.82) is 0 Å². The molecule has 1 unspecified atom stereocenters. The van der Waals surface area contributed by atoms with Crippen molar-refractivity contribution >= 4 is 11.6 Å². The summed E-state index contributed by atoms with van der Waals surface area (Å²) < 4.78 is 11.3. The van der Waals surface area contributed by atoms with Crippen LogP contribution >= 0.6 is 0 Å². The number of benzene rings is 2. The van der Waals surface area contributed by atoms with Gasteiger partial charge in [-0.15, -0.1) is 0 Å². The Balaban J connectivity index is 1.50. The summed E-state index contributed by atoms with van der Waals surface area (Å²) in [6.07, 6.45) is 1.16. The normalized spacial score (nSPS) is 14.1. The largest absolute Gasteiger partial charge is 0.490 e. The van der Waals surface area contributed by atoms with Gasteiger partial charge in [0, 0.05) is 18.5 Å². The quantitative estimate of drug-likeness (QED) is 0.427. The maximum atomic E-state index is 11.8. The van der Waals surface area contributed by atoms with Gasteiger partial charge in [0.1, 0.15) is 30.8 Å². The van der Waals surface area contributed by atoms with Gasteiger partial charge in [-0.05, 0) is 37.1 Å². The second kappa shape index (κ2) is 10.8. The molecule has 0 bridgehead atoms. The Hall–Kier alpha value is -2.61. The Bertz CT molecular complexity index is 797. The van der Waals surface area contributed by atoms with E-state index >= 15 is 0 Å². The molecule has 2 aromatic carbocycles. The zero-order valence-corrected chi connectivity index (χ0v) is 16.4. The monoisotopic (exact) mass is 400 g/mol. The number of hydrogen-bond acceptors (Lipinski definition) is 6. The van der Waals surface area contributed by atoms with Gasteiger partial charge in [-0.2, -0.15) is 0 Å². The number of carbonyl (C=O) groups is 1. The number of aliphatic hydroxyl groups excluding tert-OH is 2. The molecule has 7 nitrogen and oxygen atoms in total. The van der Waals surface area contributed by atoms with Gasteiger partial charge in [0.15, 0.2) is 0 Å². The maximum Gasteiger partial charge on any atom is 0.224 e. The minimum absolute atomic E-state index is 0.0776. The van der Waals surface area contributed by atoms with Crippen molar-refractivity contribution in [1.82, 2.24) is 5.32 Å². The van der Waals surface area contributed by atoms with Crippen LogP contribution in [0.15, 0.2) is 42.5 Å². The van der Waals surface area contributed by atoms with Gasteiger partial charge in [-0.25, -0.2) is 0 Å². The van der Waals surface area contributed by atoms with E-state index in [1.54, 1.807) is 12.1 Å². The van der Waals surface area contributed by atoms with Crippen LogP contribution in [0.2, 0.25) is 0 Å². The Morgan fingerprint density at radius 1 is 1.07 bits per heavy atom. The molecule has 1 aliphatic heterocycles. The first-order valence-corrected chi connectivity index (χ1v) is 9.92. The standard InChI is InChI=1S/C22H28N2O5/c25-12-13-28-20-8-7-19(18-6-9-21(27)24-22(18)20)29-15-17(26)14-23-11-10-16-4-2-1-3-5-16/h1-5,7-8,17,23,25-26H,6,9-15H2,(H,24,27). The van der Waals surface area contributed by atoms with Crippen LogP contribution in [-0.4, -0.2) is 55.1 Å². The average Bonchev–Trinajstić information content (AvgIpc) is 2.74. The van der Waals surface area contributed by atoms with E-state index in [1.165, 1.54) is 5.56 Å². The van der Waals surface area contributed by atoms with Gasteiger partial charge in [-0.3, -0.25) is 4.79 Å². The van der Waals surface area contributed by atoms with Gasteiger partial charge >= 0.3 is 0 Å². The predicted octanol–water partition coefficient (Wildman–Crippen LogP) is 1.51. The zero-order valence-electron chi connectivity index (χ0n) is 16.4. The second-order valence-electron chi connectivity index (χ2n) is 6.94. The van der Waals surface area contributed by atoms with Crippen molar-refractivity contribution < 1.29 is 24.5 Å². The molecule has 1 amide bonds. The lowest BCUT2D eigenvalue weighted by Crippen LogP contribution is -2.32. The van der Waals surface area contributed by atoms with Gasteiger partial charge < -0.3 is 30.3 Å². The molecule has 0 saturated heterocycles. The molecule has 2 aromatic rings. The van der Waals surface area contributed by atoms with E-state index in [4.69, 9.17) is 14.6 Å². The SMILES string of the molecule is O=C1CCc2c(OCC(O)CNCCc3ccccc3)ccc(OCCO)c2N1. The van der Waals surface area contributed by atoms with Crippen LogP contribution in [0.3, 0.4) is 0 Å². The fourth-order valence-corrected chi connectivity index (χ4v) is 3.23.